The van der Waals surface area contributed by atoms with Crippen LogP contribution in [-0.4, -0.2) is 32.6 Å². The number of ketones is 1. The van der Waals surface area contributed by atoms with Crippen LogP contribution in [0.1, 0.15) is 18.9 Å². The van der Waals surface area contributed by atoms with Gasteiger partial charge in [0.15, 0.2) is 5.78 Å². The van der Waals surface area contributed by atoms with Gasteiger partial charge >= 0.3 is 0 Å². The molecule has 0 saturated carbocycles. The maximum Gasteiger partial charge on any atom is 0.180 e. The normalized spacial score (nSPS) is 12.2. The molecule has 0 aromatic heterocycles. The fraction of sp³-hybridized carbons (Fsp3) is 0.500. The molecule has 0 aliphatic heterocycles. The summed E-state index contributed by atoms with van der Waals surface area (Å²) in [6.45, 7) is 4.24. The van der Waals surface area contributed by atoms with Crippen molar-refractivity contribution in [3.63, 3.8) is 0 Å². The Morgan fingerprint density at radius 2 is 2.18 bits per heavy atom. The lowest BCUT2D eigenvalue weighted by Crippen LogP contribution is -2.40. The Balaban J connectivity index is 2.85. The van der Waals surface area contributed by atoms with E-state index in [-0.39, 0.29) is 18.4 Å². The van der Waals surface area contributed by atoms with Gasteiger partial charge in [-0.2, -0.15) is 0 Å². The van der Waals surface area contributed by atoms with Crippen LogP contribution in [0.5, 0.6) is 0 Å². The van der Waals surface area contributed by atoms with Crippen LogP contribution in [-0.2, 0) is 9.53 Å². The Morgan fingerprint density at radius 3 is 2.71 bits per heavy atom. The number of likely N-dealkylation sites (N-methyl/N-ethyl adjacent to an activating group) is 1. The third kappa shape index (κ3) is 3.56. The maximum absolute atomic E-state index is 11.9. The summed E-state index contributed by atoms with van der Waals surface area (Å²) in [6.07, 6.45) is 0.784. The molecule has 0 radical (unpaired) electrons. The number of aryl methyl sites for hydroxylation is 1. The van der Waals surface area contributed by atoms with Crippen LogP contribution in [0.3, 0.4) is 0 Å². The average Bonchev–Trinajstić information content (AvgIpc) is 2.30. The minimum absolute atomic E-state index is 0.114. The van der Waals surface area contributed by atoms with Crippen molar-refractivity contribution in [3.05, 3.63) is 29.8 Å². The quantitative estimate of drug-likeness (QED) is 0.758. The lowest BCUT2D eigenvalue weighted by molar-refractivity contribution is -0.123. The number of nitrogens with zero attached hydrogens (tertiary/aromatic N) is 1. The van der Waals surface area contributed by atoms with E-state index in [0.29, 0.717) is 0 Å². The van der Waals surface area contributed by atoms with E-state index < -0.39 is 0 Å². The first-order valence-corrected chi connectivity index (χ1v) is 5.91. The smallest absolute Gasteiger partial charge is 0.180 e. The Hall–Kier alpha value is -1.35. The molecule has 1 atom stereocenters. The van der Waals surface area contributed by atoms with E-state index in [4.69, 9.17) is 4.74 Å². The highest BCUT2D eigenvalue weighted by atomic mass is 16.5. The zero-order valence-electron chi connectivity index (χ0n) is 11.1. The summed E-state index contributed by atoms with van der Waals surface area (Å²) in [7, 11) is 3.51. The second kappa shape index (κ2) is 6.40. The standard InChI is InChI=1S/C14H21NO2/c1-5-13(14(16)10-17-4)15(3)12-8-6-7-11(2)9-12/h6-9,13H,5,10H2,1-4H3. The summed E-state index contributed by atoms with van der Waals surface area (Å²) in [6, 6.07) is 8.05. The molecule has 0 amide bonds. The number of methoxy groups -OCH3 is 1. The minimum atomic E-state index is -0.114. The number of Topliss-reactive ketones (excluding diaryl/α,β-unsaturated/α-hetero) is 1. The molecule has 94 valence electrons. The topological polar surface area (TPSA) is 29.5 Å². The van der Waals surface area contributed by atoms with Gasteiger partial charge in [-0.05, 0) is 31.0 Å². The molecule has 3 heteroatoms. The molecule has 1 rings (SSSR count). The molecule has 0 bridgehead atoms. The molecular formula is C14H21NO2. The molecule has 17 heavy (non-hydrogen) atoms. The summed E-state index contributed by atoms with van der Waals surface area (Å²) < 4.78 is 4.92. The molecule has 0 saturated heterocycles. The van der Waals surface area contributed by atoms with Crippen LogP contribution < -0.4 is 4.90 Å². The van der Waals surface area contributed by atoms with E-state index in [2.05, 4.69) is 19.1 Å². The molecule has 1 unspecified atom stereocenters. The van der Waals surface area contributed by atoms with Gasteiger partial charge in [0.1, 0.15) is 6.61 Å². The summed E-state index contributed by atoms with van der Waals surface area (Å²) in [5.74, 6) is 0.124. The minimum Gasteiger partial charge on any atom is -0.377 e. The molecule has 0 N–H and O–H groups in total. The highest BCUT2D eigenvalue weighted by Crippen LogP contribution is 2.18. The van der Waals surface area contributed by atoms with Gasteiger partial charge in [0.25, 0.3) is 0 Å². The van der Waals surface area contributed by atoms with Gasteiger partial charge in [0.05, 0.1) is 6.04 Å². The van der Waals surface area contributed by atoms with Crippen molar-refractivity contribution in [2.45, 2.75) is 26.3 Å². The molecule has 0 spiro atoms. The largest absolute Gasteiger partial charge is 0.377 e. The summed E-state index contributed by atoms with van der Waals surface area (Å²) in [5, 5.41) is 0. The van der Waals surface area contributed by atoms with Crippen molar-refractivity contribution in [2.24, 2.45) is 0 Å². The first kappa shape index (κ1) is 13.7. The molecule has 1 aromatic carbocycles. The number of ether oxygens (including phenoxy) is 1. The number of hydrogen-bond acceptors (Lipinski definition) is 3. The van der Waals surface area contributed by atoms with Gasteiger partial charge in [0.2, 0.25) is 0 Å². The molecule has 0 aliphatic rings. The van der Waals surface area contributed by atoms with Crippen LogP contribution in [0.15, 0.2) is 24.3 Å². The fourth-order valence-electron chi connectivity index (χ4n) is 1.98. The number of carbonyl (C=O) groups excluding carboxylic acids is 1. The Bertz CT molecular complexity index is 376. The second-order valence-corrected chi connectivity index (χ2v) is 4.27. The van der Waals surface area contributed by atoms with Crippen molar-refractivity contribution in [1.29, 1.82) is 0 Å². The number of hydrogen-bond donors (Lipinski definition) is 0. The second-order valence-electron chi connectivity index (χ2n) is 4.27. The molecule has 3 nitrogen and oxygen atoms in total. The van der Waals surface area contributed by atoms with Gasteiger partial charge in [0, 0.05) is 19.8 Å². The zero-order chi connectivity index (χ0) is 12.8. The number of rotatable bonds is 6. The monoisotopic (exact) mass is 235 g/mol. The van der Waals surface area contributed by atoms with E-state index in [1.807, 2.05) is 31.0 Å². The number of benzene rings is 1. The van der Waals surface area contributed by atoms with E-state index in [9.17, 15) is 4.79 Å². The van der Waals surface area contributed by atoms with E-state index >= 15 is 0 Å². The average molecular weight is 235 g/mol. The van der Waals surface area contributed by atoms with Gasteiger partial charge in [-0.25, -0.2) is 0 Å². The maximum atomic E-state index is 11.9. The van der Waals surface area contributed by atoms with E-state index in [1.165, 1.54) is 5.56 Å². The predicted octanol–water partition coefficient (Wildman–Crippen LogP) is 2.43. The van der Waals surface area contributed by atoms with Gasteiger partial charge in [-0.15, -0.1) is 0 Å². The Morgan fingerprint density at radius 1 is 1.47 bits per heavy atom. The first-order valence-electron chi connectivity index (χ1n) is 5.91. The summed E-state index contributed by atoms with van der Waals surface area (Å²) >= 11 is 0. The van der Waals surface area contributed by atoms with Crippen molar-refractivity contribution < 1.29 is 9.53 Å². The predicted molar refractivity (Wildman–Crippen MR) is 70.5 cm³/mol. The van der Waals surface area contributed by atoms with Gasteiger partial charge < -0.3 is 9.64 Å². The first-order chi connectivity index (χ1) is 8.10. The third-order valence-corrected chi connectivity index (χ3v) is 2.92. The van der Waals surface area contributed by atoms with Crippen LogP contribution >= 0.6 is 0 Å². The van der Waals surface area contributed by atoms with Crippen molar-refractivity contribution in [1.82, 2.24) is 0 Å². The Labute approximate surface area is 103 Å². The lowest BCUT2D eigenvalue weighted by atomic mass is 10.1. The van der Waals surface area contributed by atoms with Crippen LogP contribution in [0, 0.1) is 6.92 Å². The van der Waals surface area contributed by atoms with E-state index in [0.717, 1.165) is 12.1 Å². The molecular weight excluding hydrogens is 214 g/mol. The highest BCUT2D eigenvalue weighted by molar-refractivity contribution is 5.88. The molecule has 0 heterocycles. The third-order valence-electron chi connectivity index (χ3n) is 2.92. The van der Waals surface area contributed by atoms with Crippen molar-refractivity contribution >= 4 is 11.5 Å². The van der Waals surface area contributed by atoms with Crippen LogP contribution in [0.25, 0.3) is 0 Å². The van der Waals surface area contributed by atoms with Crippen LogP contribution in [0.2, 0.25) is 0 Å². The molecule has 1 aromatic rings. The number of carbonyl (C=O) groups is 1. The fourth-order valence-corrected chi connectivity index (χ4v) is 1.98. The van der Waals surface area contributed by atoms with E-state index in [1.54, 1.807) is 7.11 Å². The van der Waals surface area contributed by atoms with Gasteiger partial charge in [-0.1, -0.05) is 19.1 Å². The SMILES string of the molecule is CCC(C(=O)COC)N(C)c1cccc(C)c1. The lowest BCUT2D eigenvalue weighted by Gasteiger charge is -2.28. The summed E-state index contributed by atoms with van der Waals surface area (Å²) in [5.41, 5.74) is 2.27. The molecule has 0 fully saturated rings. The number of anilines is 1. The highest BCUT2D eigenvalue weighted by Gasteiger charge is 2.21. The summed E-state index contributed by atoms with van der Waals surface area (Å²) in [4.78, 5) is 13.9. The zero-order valence-corrected chi connectivity index (χ0v) is 11.1. The van der Waals surface area contributed by atoms with Crippen LogP contribution in [0.4, 0.5) is 5.69 Å². The van der Waals surface area contributed by atoms with Crippen molar-refractivity contribution in [2.75, 3.05) is 25.7 Å². The van der Waals surface area contributed by atoms with Gasteiger partial charge in [-0.3, -0.25) is 4.79 Å². The Kier molecular flexibility index (Phi) is 5.16. The molecule has 0 aliphatic carbocycles. The van der Waals surface area contributed by atoms with Crippen molar-refractivity contribution in [3.8, 4) is 0 Å².